The van der Waals surface area contributed by atoms with Gasteiger partial charge in [0.2, 0.25) is 0 Å². The molecule has 1 aromatic carbocycles. The van der Waals surface area contributed by atoms with Crippen LogP contribution in [0, 0.1) is 0 Å². The molecule has 2 fully saturated rings. The Labute approximate surface area is 199 Å². The number of aliphatic imine (C=N–C) groups is 1. The average molecular weight is 549 g/mol. The molecule has 2 aliphatic heterocycles. The van der Waals surface area contributed by atoms with Gasteiger partial charge in [0.05, 0.1) is 10.5 Å². The van der Waals surface area contributed by atoms with Gasteiger partial charge < -0.3 is 10.2 Å². The van der Waals surface area contributed by atoms with Crippen LogP contribution in [0.3, 0.4) is 0 Å². The van der Waals surface area contributed by atoms with E-state index in [2.05, 4.69) is 44.4 Å². The highest BCUT2D eigenvalue weighted by atomic mass is 127. The van der Waals surface area contributed by atoms with Gasteiger partial charge in [-0.15, -0.1) is 24.0 Å². The lowest BCUT2D eigenvalue weighted by Gasteiger charge is -2.39. The van der Waals surface area contributed by atoms with Crippen molar-refractivity contribution in [3.05, 3.63) is 35.4 Å². The molecule has 1 N–H and O–H groups in total. The highest BCUT2D eigenvalue weighted by Gasteiger charge is 2.40. The number of sulfone groups is 1. The molecule has 0 unspecified atom stereocenters. The second-order valence-corrected chi connectivity index (χ2v) is 11.7. The molecule has 8 heteroatoms. The van der Waals surface area contributed by atoms with Crippen LogP contribution in [-0.4, -0.2) is 67.9 Å². The van der Waals surface area contributed by atoms with Crippen molar-refractivity contribution in [3.63, 3.8) is 0 Å². The standard InChI is InChI=1S/C22H36N4O2S.HI/c1-22(2)18-26(14-15-29(22,27)28)21(23-3)24-16-19-8-10-20(11-9-19)17-25-12-6-4-5-7-13-25;/h8-11H,4-7,12-18H2,1-3H3,(H,23,24);1H. The smallest absolute Gasteiger partial charge is 0.193 e. The lowest BCUT2D eigenvalue weighted by atomic mass is 10.1. The first kappa shape index (κ1) is 25.4. The maximum atomic E-state index is 12.2. The molecule has 0 bridgehead atoms. The molecule has 0 radical (unpaired) electrons. The summed E-state index contributed by atoms with van der Waals surface area (Å²) in [7, 11) is -1.30. The summed E-state index contributed by atoms with van der Waals surface area (Å²) in [6.07, 6.45) is 5.36. The average Bonchev–Trinajstić information content (AvgIpc) is 2.95. The van der Waals surface area contributed by atoms with Crippen molar-refractivity contribution >= 4 is 39.8 Å². The highest BCUT2D eigenvalue weighted by molar-refractivity contribution is 14.0. The van der Waals surface area contributed by atoms with Crippen molar-refractivity contribution in [3.8, 4) is 0 Å². The number of nitrogens with zero attached hydrogens (tertiary/aromatic N) is 3. The minimum absolute atomic E-state index is 0. The predicted octanol–water partition coefficient (Wildman–Crippen LogP) is 3.27. The molecule has 2 heterocycles. The fraction of sp³-hybridized carbons (Fsp3) is 0.682. The molecule has 0 spiro atoms. The Kier molecular flexibility index (Phi) is 9.42. The van der Waals surface area contributed by atoms with E-state index in [1.807, 2.05) is 0 Å². The summed E-state index contributed by atoms with van der Waals surface area (Å²) in [5, 5.41) is 3.40. The van der Waals surface area contributed by atoms with Gasteiger partial charge >= 0.3 is 0 Å². The van der Waals surface area contributed by atoms with Crippen molar-refractivity contribution in [1.29, 1.82) is 0 Å². The third kappa shape index (κ3) is 6.56. The zero-order valence-corrected chi connectivity index (χ0v) is 21.7. The first-order chi connectivity index (χ1) is 13.8. The maximum absolute atomic E-state index is 12.2. The van der Waals surface area contributed by atoms with Crippen LogP contribution in [0.2, 0.25) is 0 Å². The van der Waals surface area contributed by atoms with Gasteiger partial charge in [-0.25, -0.2) is 8.42 Å². The summed E-state index contributed by atoms with van der Waals surface area (Å²) in [6.45, 7) is 8.68. The second-order valence-electron chi connectivity index (χ2n) is 8.91. The topological polar surface area (TPSA) is 65.0 Å². The minimum Gasteiger partial charge on any atom is -0.352 e. The molecule has 0 aromatic heterocycles. The molecule has 2 aliphatic rings. The molecule has 3 rings (SSSR count). The number of benzene rings is 1. The van der Waals surface area contributed by atoms with E-state index in [1.54, 1.807) is 20.9 Å². The van der Waals surface area contributed by atoms with Crippen LogP contribution in [0.15, 0.2) is 29.3 Å². The van der Waals surface area contributed by atoms with Crippen LogP contribution < -0.4 is 5.32 Å². The van der Waals surface area contributed by atoms with Gasteiger partial charge in [-0.05, 0) is 50.9 Å². The molecule has 1 aromatic rings. The molecule has 0 amide bonds. The fourth-order valence-corrected chi connectivity index (χ4v) is 5.52. The first-order valence-corrected chi connectivity index (χ1v) is 12.4. The molecule has 2 saturated heterocycles. The summed E-state index contributed by atoms with van der Waals surface area (Å²) < 4.78 is 23.7. The van der Waals surface area contributed by atoms with E-state index < -0.39 is 14.6 Å². The summed E-state index contributed by atoms with van der Waals surface area (Å²) in [5.74, 6) is 0.938. The summed E-state index contributed by atoms with van der Waals surface area (Å²) in [4.78, 5) is 8.99. The summed E-state index contributed by atoms with van der Waals surface area (Å²) in [5.41, 5.74) is 2.57. The van der Waals surface area contributed by atoms with E-state index in [9.17, 15) is 8.42 Å². The van der Waals surface area contributed by atoms with Crippen molar-refractivity contribution in [2.75, 3.05) is 39.0 Å². The second kappa shape index (κ2) is 11.1. The van der Waals surface area contributed by atoms with Gasteiger partial charge in [0.15, 0.2) is 15.8 Å². The zero-order chi connectivity index (χ0) is 20.9. The summed E-state index contributed by atoms with van der Waals surface area (Å²) >= 11 is 0. The van der Waals surface area contributed by atoms with Crippen LogP contribution in [0.25, 0.3) is 0 Å². The third-order valence-corrected chi connectivity index (χ3v) is 8.67. The van der Waals surface area contributed by atoms with Gasteiger partial charge in [0.25, 0.3) is 0 Å². The number of hydrogen-bond donors (Lipinski definition) is 1. The third-order valence-electron chi connectivity index (χ3n) is 6.13. The van der Waals surface area contributed by atoms with Gasteiger partial charge in [0.1, 0.15) is 0 Å². The Balaban J connectivity index is 0.00000320. The Morgan fingerprint density at radius 2 is 1.63 bits per heavy atom. The molecule has 0 aliphatic carbocycles. The Morgan fingerprint density at radius 1 is 1.03 bits per heavy atom. The van der Waals surface area contributed by atoms with Gasteiger partial charge in [-0.2, -0.15) is 0 Å². The molecule has 0 atom stereocenters. The van der Waals surface area contributed by atoms with Crippen LogP contribution in [0.4, 0.5) is 0 Å². The van der Waals surface area contributed by atoms with E-state index in [4.69, 9.17) is 0 Å². The molecule has 170 valence electrons. The van der Waals surface area contributed by atoms with Crippen molar-refractivity contribution in [2.45, 2.75) is 57.4 Å². The normalized spacial score (nSPS) is 22.1. The lowest BCUT2D eigenvalue weighted by molar-refractivity contribution is 0.277. The highest BCUT2D eigenvalue weighted by Crippen LogP contribution is 2.23. The van der Waals surface area contributed by atoms with Crippen LogP contribution >= 0.6 is 24.0 Å². The lowest BCUT2D eigenvalue weighted by Crippen LogP contribution is -2.57. The van der Waals surface area contributed by atoms with Crippen LogP contribution in [-0.2, 0) is 22.9 Å². The number of guanidine groups is 1. The molecular weight excluding hydrogens is 511 g/mol. The number of halogens is 1. The zero-order valence-electron chi connectivity index (χ0n) is 18.6. The van der Waals surface area contributed by atoms with Crippen molar-refractivity contribution < 1.29 is 8.42 Å². The number of rotatable bonds is 4. The quantitative estimate of drug-likeness (QED) is 0.356. The van der Waals surface area contributed by atoms with Gasteiger partial charge in [0, 0.05) is 33.2 Å². The van der Waals surface area contributed by atoms with Crippen LogP contribution in [0.1, 0.15) is 50.7 Å². The van der Waals surface area contributed by atoms with Gasteiger partial charge in [-0.1, -0.05) is 37.1 Å². The molecule has 0 saturated carbocycles. The fourth-order valence-electron chi connectivity index (χ4n) is 4.15. The summed E-state index contributed by atoms with van der Waals surface area (Å²) in [6, 6.07) is 8.80. The SMILES string of the molecule is CN=C(NCc1ccc(CN2CCCCCC2)cc1)N1CCS(=O)(=O)C(C)(C)C1.I. The van der Waals surface area contributed by atoms with E-state index in [1.165, 1.54) is 49.9 Å². The number of hydrogen-bond acceptors (Lipinski definition) is 4. The minimum atomic E-state index is -3.05. The maximum Gasteiger partial charge on any atom is 0.193 e. The van der Waals surface area contributed by atoms with E-state index in [0.717, 1.165) is 12.5 Å². The Hall–Kier alpha value is -0.870. The first-order valence-electron chi connectivity index (χ1n) is 10.8. The van der Waals surface area contributed by atoms with Crippen molar-refractivity contribution in [1.82, 2.24) is 15.1 Å². The molecular formula is C22H37IN4O2S. The van der Waals surface area contributed by atoms with E-state index in [-0.39, 0.29) is 29.7 Å². The largest absolute Gasteiger partial charge is 0.352 e. The Morgan fingerprint density at radius 3 is 2.20 bits per heavy atom. The van der Waals surface area contributed by atoms with Gasteiger partial charge in [-0.3, -0.25) is 9.89 Å². The number of likely N-dealkylation sites (tertiary alicyclic amines) is 1. The molecule has 30 heavy (non-hydrogen) atoms. The molecule has 6 nitrogen and oxygen atoms in total. The van der Waals surface area contributed by atoms with Crippen LogP contribution in [0.5, 0.6) is 0 Å². The number of nitrogens with one attached hydrogen (secondary N) is 1. The Bertz CT molecular complexity index is 801. The monoisotopic (exact) mass is 548 g/mol. The predicted molar refractivity (Wildman–Crippen MR) is 135 cm³/mol. The van der Waals surface area contributed by atoms with E-state index in [0.29, 0.717) is 19.6 Å². The van der Waals surface area contributed by atoms with Crippen molar-refractivity contribution in [2.24, 2.45) is 4.99 Å². The van der Waals surface area contributed by atoms with E-state index >= 15 is 0 Å².